The second kappa shape index (κ2) is 9.32. The van der Waals surface area contributed by atoms with E-state index in [4.69, 9.17) is 4.74 Å². The maximum absolute atomic E-state index is 10.3. The molecule has 10 heavy (non-hydrogen) atoms. The van der Waals surface area contributed by atoms with Crippen molar-refractivity contribution in [2.24, 2.45) is 0 Å². The average molecular weight is 259 g/mol. The summed E-state index contributed by atoms with van der Waals surface area (Å²) >= 11 is 0. The number of ketones is 1. The van der Waals surface area contributed by atoms with E-state index >= 15 is 0 Å². The van der Waals surface area contributed by atoms with Crippen molar-refractivity contribution in [1.82, 2.24) is 0 Å². The van der Waals surface area contributed by atoms with Crippen LogP contribution in [-0.4, -0.2) is 32.6 Å². The molecule has 62 valence electrons. The summed E-state index contributed by atoms with van der Waals surface area (Å²) in [5.74, 6) is 0.214. The van der Waals surface area contributed by atoms with Crippen molar-refractivity contribution in [1.29, 1.82) is 0 Å². The Kier molecular flexibility index (Phi) is 12.1. The van der Waals surface area contributed by atoms with E-state index in [0.717, 1.165) is 6.54 Å². The van der Waals surface area contributed by atoms with Gasteiger partial charge in [0.1, 0.15) is 6.54 Å². The minimum Gasteiger partial charge on any atom is -1.00 e. The van der Waals surface area contributed by atoms with Crippen molar-refractivity contribution in [2.45, 2.75) is 6.92 Å². The molecule has 4 heteroatoms. The van der Waals surface area contributed by atoms with Crippen LogP contribution in [0.25, 0.3) is 0 Å². The number of carbonyl (C=O) groups excluding carboxylic acids is 1. The van der Waals surface area contributed by atoms with Crippen LogP contribution in [0.2, 0.25) is 0 Å². The quantitative estimate of drug-likeness (QED) is 0.402. The normalized spacial score (nSPS) is 8.60. The van der Waals surface area contributed by atoms with Gasteiger partial charge in [0.05, 0.1) is 13.2 Å². The van der Waals surface area contributed by atoms with Gasteiger partial charge in [0.15, 0.2) is 5.78 Å². The zero-order valence-corrected chi connectivity index (χ0v) is 8.55. The number of methoxy groups -OCH3 is 1. The third-order valence-corrected chi connectivity index (χ3v) is 0.958. The molecule has 0 fully saturated rings. The number of quaternary nitrogens is 1. The molecule has 0 unspecified atom stereocenters. The highest BCUT2D eigenvalue weighted by Crippen LogP contribution is 1.57. The third-order valence-electron chi connectivity index (χ3n) is 0.958. The van der Waals surface area contributed by atoms with E-state index in [9.17, 15) is 4.79 Å². The van der Waals surface area contributed by atoms with Crippen LogP contribution in [0.1, 0.15) is 6.92 Å². The molecule has 0 aromatic carbocycles. The van der Waals surface area contributed by atoms with Crippen molar-refractivity contribution in [2.75, 3.05) is 26.8 Å². The smallest absolute Gasteiger partial charge is 0.183 e. The molecule has 0 aliphatic carbocycles. The predicted molar refractivity (Wildman–Crippen MR) is 34.2 cm³/mol. The van der Waals surface area contributed by atoms with E-state index in [1.807, 2.05) is 5.32 Å². The first kappa shape index (κ1) is 12.9. The van der Waals surface area contributed by atoms with Gasteiger partial charge >= 0.3 is 0 Å². The van der Waals surface area contributed by atoms with Gasteiger partial charge in [-0.1, -0.05) is 0 Å². The fourth-order valence-corrected chi connectivity index (χ4v) is 0.507. The number of hydrogen-bond donors (Lipinski definition) is 1. The maximum atomic E-state index is 10.3. The molecule has 0 heterocycles. The molecule has 0 bridgehead atoms. The van der Waals surface area contributed by atoms with E-state index < -0.39 is 0 Å². The number of carbonyl (C=O) groups is 1. The van der Waals surface area contributed by atoms with Crippen molar-refractivity contribution < 1.29 is 38.8 Å². The maximum Gasteiger partial charge on any atom is 0.183 e. The Bertz CT molecular complexity index is 87.8. The van der Waals surface area contributed by atoms with Crippen molar-refractivity contribution >= 4 is 5.78 Å². The van der Waals surface area contributed by atoms with Gasteiger partial charge in [0.2, 0.25) is 0 Å². The highest BCUT2D eigenvalue weighted by Gasteiger charge is 1.93. The second-order valence-corrected chi connectivity index (χ2v) is 1.98. The Morgan fingerprint density at radius 1 is 1.60 bits per heavy atom. The molecule has 0 rings (SSSR count). The minimum atomic E-state index is 0. The number of hydrogen-bond acceptors (Lipinski definition) is 2. The van der Waals surface area contributed by atoms with E-state index in [2.05, 4.69) is 0 Å². The van der Waals surface area contributed by atoms with Crippen molar-refractivity contribution in [3.8, 4) is 0 Å². The lowest BCUT2D eigenvalue weighted by Gasteiger charge is -1.95. The standard InChI is InChI=1S/C6H13NO2.HI/c1-6(8)5-7-3-4-9-2;/h7H,3-5H2,1-2H3;1H. The summed E-state index contributed by atoms with van der Waals surface area (Å²) < 4.78 is 4.78. The monoisotopic (exact) mass is 259 g/mol. The van der Waals surface area contributed by atoms with Gasteiger partial charge < -0.3 is 34.0 Å². The molecule has 0 spiro atoms. The fourth-order valence-electron chi connectivity index (χ4n) is 0.507. The predicted octanol–water partition coefficient (Wildman–Crippen LogP) is -4.21. The summed E-state index contributed by atoms with van der Waals surface area (Å²) in [6.07, 6.45) is 0. The van der Waals surface area contributed by atoms with Crippen molar-refractivity contribution in [3.05, 3.63) is 0 Å². The summed E-state index contributed by atoms with van der Waals surface area (Å²) in [6, 6.07) is 0. The van der Waals surface area contributed by atoms with Crippen LogP contribution < -0.4 is 29.3 Å². The lowest BCUT2D eigenvalue weighted by atomic mass is 10.4. The van der Waals surface area contributed by atoms with Crippen LogP contribution in [0.3, 0.4) is 0 Å². The minimum absolute atomic E-state index is 0. The van der Waals surface area contributed by atoms with Crippen LogP contribution in [-0.2, 0) is 9.53 Å². The fraction of sp³-hybridized carbons (Fsp3) is 0.833. The molecule has 0 amide bonds. The van der Waals surface area contributed by atoms with E-state index in [1.54, 1.807) is 14.0 Å². The number of halogens is 1. The zero-order chi connectivity index (χ0) is 7.11. The summed E-state index contributed by atoms with van der Waals surface area (Å²) in [4.78, 5) is 10.3. The molecule has 3 nitrogen and oxygen atoms in total. The van der Waals surface area contributed by atoms with E-state index in [-0.39, 0.29) is 29.8 Å². The van der Waals surface area contributed by atoms with E-state index in [0.29, 0.717) is 13.2 Å². The summed E-state index contributed by atoms with van der Waals surface area (Å²) in [6.45, 7) is 3.75. The van der Waals surface area contributed by atoms with Crippen LogP contribution in [0.15, 0.2) is 0 Å². The molecule has 0 aromatic heterocycles. The first-order valence-electron chi connectivity index (χ1n) is 3.07. The molecule has 0 radical (unpaired) electrons. The summed E-state index contributed by atoms with van der Waals surface area (Å²) in [5.41, 5.74) is 0. The molecule has 0 saturated carbocycles. The van der Waals surface area contributed by atoms with Gasteiger partial charge in [-0.25, -0.2) is 0 Å². The largest absolute Gasteiger partial charge is 1.00 e. The van der Waals surface area contributed by atoms with Gasteiger partial charge in [-0.2, -0.15) is 0 Å². The molecule has 0 atom stereocenters. The molecule has 0 aromatic rings. The SMILES string of the molecule is COCC[NH2+]CC(C)=O.[I-]. The zero-order valence-electron chi connectivity index (χ0n) is 6.39. The summed E-state index contributed by atoms with van der Waals surface area (Å²) in [5, 5.41) is 1.94. The molecule has 0 aliphatic rings. The molecular weight excluding hydrogens is 245 g/mol. The van der Waals surface area contributed by atoms with Crippen LogP contribution in [0, 0.1) is 0 Å². The number of Topliss-reactive ketones (excluding diaryl/α,β-unsaturated/α-hetero) is 1. The Morgan fingerprint density at radius 2 is 2.20 bits per heavy atom. The second-order valence-electron chi connectivity index (χ2n) is 1.98. The number of rotatable bonds is 5. The Labute approximate surface area is 78.5 Å². The lowest BCUT2D eigenvalue weighted by molar-refractivity contribution is -0.645. The molecule has 0 saturated heterocycles. The van der Waals surface area contributed by atoms with Crippen LogP contribution in [0.4, 0.5) is 0 Å². The number of ether oxygens (including phenoxy) is 1. The van der Waals surface area contributed by atoms with Gasteiger partial charge in [0.25, 0.3) is 0 Å². The Morgan fingerprint density at radius 3 is 2.60 bits per heavy atom. The lowest BCUT2D eigenvalue weighted by Crippen LogP contribution is -3.00. The van der Waals surface area contributed by atoms with E-state index in [1.165, 1.54) is 0 Å². The first-order valence-corrected chi connectivity index (χ1v) is 3.07. The van der Waals surface area contributed by atoms with Gasteiger partial charge in [-0.3, -0.25) is 4.79 Å². The van der Waals surface area contributed by atoms with Crippen LogP contribution in [0.5, 0.6) is 0 Å². The van der Waals surface area contributed by atoms with Crippen molar-refractivity contribution in [3.63, 3.8) is 0 Å². The van der Waals surface area contributed by atoms with Gasteiger partial charge in [-0.05, 0) is 0 Å². The highest BCUT2D eigenvalue weighted by molar-refractivity contribution is 5.76. The third kappa shape index (κ3) is 11.2. The molecule has 0 aliphatic heterocycles. The number of nitrogens with two attached hydrogens (primary N) is 1. The Hall–Kier alpha value is 0.320. The van der Waals surface area contributed by atoms with Gasteiger partial charge in [-0.15, -0.1) is 0 Å². The first-order chi connectivity index (χ1) is 4.27. The highest BCUT2D eigenvalue weighted by atomic mass is 127. The van der Waals surface area contributed by atoms with Crippen LogP contribution >= 0.6 is 0 Å². The molecular formula is C6H14INO2. The average Bonchev–Trinajstić information content (AvgIpc) is 1.80. The topological polar surface area (TPSA) is 42.9 Å². The summed E-state index contributed by atoms with van der Waals surface area (Å²) in [7, 11) is 1.65. The van der Waals surface area contributed by atoms with Gasteiger partial charge in [0, 0.05) is 14.0 Å². The molecule has 2 N–H and O–H groups in total. The Balaban J connectivity index is 0.